The van der Waals surface area contributed by atoms with Gasteiger partial charge in [0.25, 0.3) is 5.91 Å². The molecule has 3 aromatic rings. The minimum absolute atomic E-state index is 0.196. The zero-order valence-corrected chi connectivity index (χ0v) is 16.4. The molecule has 2 amide bonds. The van der Waals surface area contributed by atoms with Crippen LogP contribution in [0.5, 0.6) is 0 Å². The van der Waals surface area contributed by atoms with Crippen molar-refractivity contribution in [3.8, 4) is 10.8 Å². The van der Waals surface area contributed by atoms with Crippen LogP contribution in [0, 0.1) is 6.92 Å². The fourth-order valence-corrected chi connectivity index (χ4v) is 4.03. The van der Waals surface area contributed by atoms with Crippen LogP contribution in [0.15, 0.2) is 46.2 Å². The molecule has 0 spiro atoms. The molecule has 1 N–H and O–H groups in total. The van der Waals surface area contributed by atoms with Gasteiger partial charge in [-0.05, 0) is 36.6 Å². The molecule has 1 saturated heterocycles. The highest BCUT2D eigenvalue weighted by atomic mass is 32.1. The van der Waals surface area contributed by atoms with E-state index in [2.05, 4.69) is 10.3 Å². The molecule has 0 saturated carbocycles. The van der Waals surface area contributed by atoms with Crippen LogP contribution < -0.4 is 5.32 Å². The second-order valence-electron chi connectivity index (χ2n) is 6.82. The Kier molecular flexibility index (Phi) is 5.25. The maximum absolute atomic E-state index is 12.5. The van der Waals surface area contributed by atoms with E-state index in [4.69, 9.17) is 4.42 Å². The van der Waals surface area contributed by atoms with Crippen molar-refractivity contribution in [1.29, 1.82) is 0 Å². The van der Waals surface area contributed by atoms with E-state index in [1.165, 1.54) is 11.3 Å². The molecule has 2 aromatic heterocycles. The first-order chi connectivity index (χ1) is 13.6. The maximum Gasteiger partial charge on any atom is 0.271 e. The van der Waals surface area contributed by atoms with Crippen LogP contribution in [0.1, 0.15) is 40.2 Å². The minimum Gasteiger partial charge on any atom is -0.459 e. The van der Waals surface area contributed by atoms with E-state index in [9.17, 15) is 9.59 Å². The molecular formula is C21H21N3O3S. The minimum atomic E-state index is -0.224. The van der Waals surface area contributed by atoms with Gasteiger partial charge in [0.15, 0.2) is 10.8 Å². The third-order valence-electron chi connectivity index (χ3n) is 4.78. The van der Waals surface area contributed by atoms with Gasteiger partial charge in [-0.1, -0.05) is 24.3 Å². The topological polar surface area (TPSA) is 75.4 Å². The Bertz CT molecular complexity index is 1010. The van der Waals surface area contributed by atoms with Gasteiger partial charge in [0.05, 0.1) is 0 Å². The zero-order valence-electron chi connectivity index (χ0n) is 15.6. The van der Waals surface area contributed by atoms with Gasteiger partial charge in [0.2, 0.25) is 5.91 Å². The lowest BCUT2D eigenvalue weighted by Gasteiger charge is -2.18. The fourth-order valence-electron chi connectivity index (χ4n) is 3.27. The highest BCUT2D eigenvalue weighted by Gasteiger charge is 2.21. The Morgan fingerprint density at radius 1 is 1.25 bits per heavy atom. The summed E-state index contributed by atoms with van der Waals surface area (Å²) in [7, 11) is 0. The zero-order chi connectivity index (χ0) is 19.5. The van der Waals surface area contributed by atoms with E-state index in [-0.39, 0.29) is 11.8 Å². The number of carbonyl (C=O) groups is 2. The van der Waals surface area contributed by atoms with Gasteiger partial charge >= 0.3 is 0 Å². The standard InChI is InChI=1S/C21H21N3O3S/c1-14-8-9-18(27-14)21-23-17(13-28-21)20(26)22-11-15-5-2-3-6-16(15)12-24-10-4-7-19(24)25/h2-3,5-6,8-9,13H,4,7,10-12H2,1H3,(H,22,26). The first-order valence-corrected chi connectivity index (χ1v) is 10.1. The lowest BCUT2D eigenvalue weighted by atomic mass is 10.1. The molecule has 0 bridgehead atoms. The molecule has 1 fully saturated rings. The van der Waals surface area contributed by atoms with Crippen molar-refractivity contribution in [2.24, 2.45) is 0 Å². The number of hydrogen-bond donors (Lipinski definition) is 1. The van der Waals surface area contributed by atoms with Crippen LogP contribution in [-0.2, 0) is 17.9 Å². The predicted molar refractivity (Wildman–Crippen MR) is 107 cm³/mol. The SMILES string of the molecule is Cc1ccc(-c2nc(C(=O)NCc3ccccc3CN3CCCC3=O)cs2)o1. The number of aromatic nitrogens is 1. The summed E-state index contributed by atoms with van der Waals surface area (Å²) >= 11 is 1.38. The van der Waals surface area contributed by atoms with Crippen LogP contribution in [0.3, 0.4) is 0 Å². The highest BCUT2D eigenvalue weighted by Crippen LogP contribution is 2.25. The van der Waals surface area contributed by atoms with E-state index in [1.807, 2.05) is 48.2 Å². The second kappa shape index (κ2) is 7.98. The van der Waals surface area contributed by atoms with Crippen molar-refractivity contribution in [3.05, 3.63) is 64.4 Å². The molecule has 1 aliphatic heterocycles. The Morgan fingerprint density at radius 3 is 2.79 bits per heavy atom. The van der Waals surface area contributed by atoms with Crippen molar-refractivity contribution in [2.45, 2.75) is 32.9 Å². The lowest BCUT2D eigenvalue weighted by Crippen LogP contribution is -2.27. The molecule has 1 aliphatic rings. The molecule has 0 aliphatic carbocycles. The smallest absolute Gasteiger partial charge is 0.271 e. The highest BCUT2D eigenvalue weighted by molar-refractivity contribution is 7.13. The van der Waals surface area contributed by atoms with E-state index in [0.29, 0.717) is 36.0 Å². The third-order valence-corrected chi connectivity index (χ3v) is 5.64. The molecule has 3 heterocycles. The molecule has 7 heteroatoms. The summed E-state index contributed by atoms with van der Waals surface area (Å²) in [6.07, 6.45) is 1.54. The summed E-state index contributed by atoms with van der Waals surface area (Å²) in [5, 5.41) is 5.35. The Labute approximate surface area is 167 Å². The summed E-state index contributed by atoms with van der Waals surface area (Å²) < 4.78 is 5.56. The molecule has 1 aromatic carbocycles. The molecule has 0 unspecified atom stereocenters. The average Bonchev–Trinajstić information content (AvgIpc) is 3.43. The van der Waals surface area contributed by atoms with E-state index in [1.54, 1.807) is 5.38 Å². The molecule has 28 heavy (non-hydrogen) atoms. The second-order valence-corrected chi connectivity index (χ2v) is 7.68. The summed E-state index contributed by atoms with van der Waals surface area (Å²) in [6.45, 7) is 3.65. The summed E-state index contributed by atoms with van der Waals surface area (Å²) in [5.41, 5.74) is 2.44. The van der Waals surface area contributed by atoms with Crippen molar-refractivity contribution < 1.29 is 14.0 Å². The van der Waals surface area contributed by atoms with E-state index >= 15 is 0 Å². The number of amides is 2. The van der Waals surface area contributed by atoms with Gasteiger partial charge in [0, 0.05) is 31.4 Å². The van der Waals surface area contributed by atoms with E-state index in [0.717, 1.165) is 29.9 Å². The van der Waals surface area contributed by atoms with Crippen LogP contribution >= 0.6 is 11.3 Å². The third kappa shape index (κ3) is 3.99. The van der Waals surface area contributed by atoms with Crippen LogP contribution in [0.2, 0.25) is 0 Å². The van der Waals surface area contributed by atoms with Crippen LogP contribution in [-0.4, -0.2) is 28.2 Å². The maximum atomic E-state index is 12.5. The molecule has 144 valence electrons. The van der Waals surface area contributed by atoms with Crippen LogP contribution in [0.4, 0.5) is 0 Å². The number of benzene rings is 1. The number of hydrogen-bond acceptors (Lipinski definition) is 5. The van der Waals surface area contributed by atoms with E-state index < -0.39 is 0 Å². The number of thiazole rings is 1. The Hall–Kier alpha value is -2.93. The van der Waals surface area contributed by atoms with Gasteiger partial charge in [-0.25, -0.2) is 4.98 Å². The summed E-state index contributed by atoms with van der Waals surface area (Å²) in [5.74, 6) is 1.45. The number of rotatable bonds is 6. The fraction of sp³-hybridized carbons (Fsp3) is 0.286. The van der Waals surface area contributed by atoms with Gasteiger partial charge in [-0.15, -0.1) is 11.3 Å². The predicted octanol–water partition coefficient (Wildman–Crippen LogP) is 3.76. The summed E-state index contributed by atoms with van der Waals surface area (Å²) in [4.78, 5) is 30.7. The van der Waals surface area contributed by atoms with Crippen molar-refractivity contribution in [2.75, 3.05) is 6.54 Å². The van der Waals surface area contributed by atoms with Crippen molar-refractivity contribution in [3.63, 3.8) is 0 Å². The quantitative estimate of drug-likeness (QED) is 0.689. The van der Waals surface area contributed by atoms with Crippen LogP contribution in [0.25, 0.3) is 10.8 Å². The number of nitrogens with one attached hydrogen (secondary N) is 1. The first kappa shape index (κ1) is 18.4. The van der Waals surface area contributed by atoms with Crippen molar-refractivity contribution in [1.82, 2.24) is 15.2 Å². The number of likely N-dealkylation sites (tertiary alicyclic amines) is 1. The van der Waals surface area contributed by atoms with Gasteiger partial charge < -0.3 is 14.6 Å². The monoisotopic (exact) mass is 395 g/mol. The number of carbonyl (C=O) groups excluding carboxylic acids is 2. The molecular weight excluding hydrogens is 374 g/mol. The molecule has 4 rings (SSSR count). The number of nitrogens with zero attached hydrogens (tertiary/aromatic N) is 2. The Balaban J connectivity index is 1.41. The van der Waals surface area contributed by atoms with Gasteiger partial charge in [0.1, 0.15) is 11.5 Å². The van der Waals surface area contributed by atoms with Gasteiger partial charge in [-0.2, -0.15) is 0 Å². The van der Waals surface area contributed by atoms with Gasteiger partial charge in [-0.3, -0.25) is 9.59 Å². The molecule has 0 radical (unpaired) electrons. The number of aryl methyl sites for hydroxylation is 1. The largest absolute Gasteiger partial charge is 0.459 e. The normalized spacial score (nSPS) is 13.9. The average molecular weight is 395 g/mol. The molecule has 0 atom stereocenters. The van der Waals surface area contributed by atoms with Crippen molar-refractivity contribution >= 4 is 23.2 Å². The summed E-state index contributed by atoms with van der Waals surface area (Å²) in [6, 6.07) is 11.6. The lowest BCUT2D eigenvalue weighted by molar-refractivity contribution is -0.128. The number of furan rings is 1. The first-order valence-electron chi connectivity index (χ1n) is 9.25. The Morgan fingerprint density at radius 2 is 2.07 bits per heavy atom. The molecule has 6 nitrogen and oxygen atoms in total.